The van der Waals surface area contributed by atoms with E-state index in [4.69, 9.17) is 5.11 Å². The fourth-order valence-corrected chi connectivity index (χ4v) is 2.62. The monoisotopic (exact) mass is 340 g/mol. The number of halogens is 1. The Morgan fingerprint density at radius 3 is 2.75 bits per heavy atom. The van der Waals surface area contributed by atoms with Gasteiger partial charge in [0, 0.05) is 11.0 Å². The maximum absolute atomic E-state index is 12.2. The molecule has 1 aliphatic heterocycles. The fourth-order valence-electron chi connectivity index (χ4n) is 2.12. The second-order valence-electron chi connectivity index (χ2n) is 4.39. The van der Waals surface area contributed by atoms with Crippen molar-refractivity contribution in [3.63, 3.8) is 0 Å². The average molecular weight is 341 g/mol. The lowest BCUT2D eigenvalue weighted by Gasteiger charge is -2.18. The van der Waals surface area contributed by atoms with E-state index in [1.165, 1.54) is 4.90 Å². The van der Waals surface area contributed by atoms with E-state index in [9.17, 15) is 14.4 Å². The Labute approximate surface area is 123 Å². The minimum absolute atomic E-state index is 0.306. The number of benzene rings is 1. The van der Waals surface area contributed by atoms with Crippen molar-refractivity contribution in [3.05, 3.63) is 28.7 Å². The summed E-state index contributed by atoms with van der Waals surface area (Å²) in [6.07, 6.45) is 0.381. The predicted molar refractivity (Wildman–Crippen MR) is 75.2 cm³/mol. The van der Waals surface area contributed by atoms with Gasteiger partial charge < -0.3 is 15.3 Å². The van der Waals surface area contributed by atoms with Gasteiger partial charge in [0.15, 0.2) is 0 Å². The van der Waals surface area contributed by atoms with E-state index in [-0.39, 0.29) is 5.91 Å². The summed E-state index contributed by atoms with van der Waals surface area (Å²) in [5.74, 6) is -2.79. The molecule has 0 spiro atoms. The first-order valence-corrected chi connectivity index (χ1v) is 6.85. The Hall–Kier alpha value is -1.89. The zero-order valence-corrected chi connectivity index (χ0v) is 12.1. The van der Waals surface area contributed by atoms with E-state index in [1.54, 1.807) is 6.07 Å². The van der Waals surface area contributed by atoms with E-state index in [0.29, 0.717) is 18.7 Å². The predicted octanol–water partition coefficient (Wildman–Crippen LogP) is 1.00. The van der Waals surface area contributed by atoms with Gasteiger partial charge in [-0.25, -0.2) is 0 Å². The van der Waals surface area contributed by atoms with Crippen LogP contribution in [0.15, 0.2) is 28.7 Å². The zero-order valence-electron chi connectivity index (χ0n) is 10.5. The summed E-state index contributed by atoms with van der Waals surface area (Å²) in [6.45, 7) is -0.0375. The number of nitrogens with zero attached hydrogens (tertiary/aromatic N) is 1. The van der Waals surface area contributed by atoms with Crippen LogP contribution in [0, 0.1) is 5.92 Å². The first-order chi connectivity index (χ1) is 9.50. The van der Waals surface area contributed by atoms with Crippen molar-refractivity contribution in [2.24, 2.45) is 5.92 Å². The van der Waals surface area contributed by atoms with Crippen LogP contribution in [0.1, 0.15) is 6.42 Å². The van der Waals surface area contributed by atoms with Gasteiger partial charge in [-0.05, 0) is 34.5 Å². The van der Waals surface area contributed by atoms with Crippen LogP contribution in [0.3, 0.4) is 0 Å². The largest absolute Gasteiger partial charge is 0.480 e. The van der Waals surface area contributed by atoms with E-state index in [2.05, 4.69) is 21.2 Å². The van der Waals surface area contributed by atoms with Crippen LogP contribution in [0.2, 0.25) is 0 Å². The molecule has 1 aromatic rings. The zero-order chi connectivity index (χ0) is 14.7. The molecule has 1 heterocycles. The molecule has 2 amide bonds. The molecule has 0 aliphatic carbocycles. The highest BCUT2D eigenvalue weighted by Gasteiger charge is 2.38. The number of carboxylic acids is 1. The lowest BCUT2D eigenvalue weighted by Crippen LogP contribution is -2.39. The number of amides is 2. The SMILES string of the molecule is O=C(O)CNC(=O)C1CCN(c2ccccc2Br)C1=O. The second-order valence-corrected chi connectivity index (χ2v) is 5.25. The number of anilines is 1. The fraction of sp³-hybridized carbons (Fsp3) is 0.308. The molecule has 0 bridgehead atoms. The summed E-state index contributed by atoms with van der Waals surface area (Å²) in [5.41, 5.74) is 0.714. The topological polar surface area (TPSA) is 86.7 Å². The number of hydrogen-bond donors (Lipinski definition) is 2. The van der Waals surface area contributed by atoms with Crippen LogP contribution < -0.4 is 10.2 Å². The normalized spacial score (nSPS) is 18.1. The van der Waals surface area contributed by atoms with Gasteiger partial charge in [-0.2, -0.15) is 0 Å². The maximum Gasteiger partial charge on any atom is 0.322 e. The number of para-hydroxylation sites is 1. The van der Waals surface area contributed by atoms with E-state index in [1.807, 2.05) is 18.2 Å². The third-order valence-electron chi connectivity index (χ3n) is 3.08. The Morgan fingerprint density at radius 2 is 2.10 bits per heavy atom. The number of carbonyl (C=O) groups is 3. The number of nitrogens with one attached hydrogen (secondary N) is 1. The van der Waals surface area contributed by atoms with Gasteiger partial charge in [0.05, 0.1) is 5.69 Å². The quantitative estimate of drug-likeness (QED) is 0.800. The average Bonchev–Trinajstić information content (AvgIpc) is 2.78. The summed E-state index contributed by atoms with van der Waals surface area (Å²) in [7, 11) is 0. The molecular weight excluding hydrogens is 328 g/mol. The van der Waals surface area contributed by atoms with Gasteiger partial charge in [0.2, 0.25) is 11.8 Å². The number of hydrogen-bond acceptors (Lipinski definition) is 3. The van der Waals surface area contributed by atoms with Gasteiger partial charge >= 0.3 is 5.97 Å². The van der Waals surface area contributed by atoms with E-state index < -0.39 is 24.3 Å². The minimum atomic E-state index is -1.13. The number of carbonyl (C=O) groups excluding carboxylic acids is 2. The van der Waals surface area contributed by atoms with Crippen molar-refractivity contribution in [2.75, 3.05) is 18.0 Å². The van der Waals surface area contributed by atoms with Crippen molar-refractivity contribution in [3.8, 4) is 0 Å². The van der Waals surface area contributed by atoms with Crippen molar-refractivity contribution in [2.45, 2.75) is 6.42 Å². The van der Waals surface area contributed by atoms with Crippen LogP contribution in [-0.4, -0.2) is 36.0 Å². The molecule has 1 saturated heterocycles. The third kappa shape index (κ3) is 2.98. The van der Waals surface area contributed by atoms with Gasteiger partial charge in [-0.1, -0.05) is 12.1 Å². The summed E-state index contributed by atoms with van der Waals surface area (Å²) >= 11 is 3.37. The lowest BCUT2D eigenvalue weighted by molar-refractivity contribution is -0.140. The molecule has 1 fully saturated rings. The van der Waals surface area contributed by atoms with Crippen molar-refractivity contribution < 1.29 is 19.5 Å². The Morgan fingerprint density at radius 1 is 1.40 bits per heavy atom. The molecule has 0 radical (unpaired) electrons. The standard InChI is InChI=1S/C13H13BrN2O4/c14-9-3-1-2-4-10(9)16-6-5-8(13(16)20)12(19)15-7-11(17)18/h1-4,8H,5-7H2,(H,15,19)(H,17,18). The van der Waals surface area contributed by atoms with Crippen LogP contribution in [0.4, 0.5) is 5.69 Å². The van der Waals surface area contributed by atoms with E-state index in [0.717, 1.165) is 4.47 Å². The van der Waals surface area contributed by atoms with Crippen LogP contribution in [-0.2, 0) is 14.4 Å². The molecule has 1 aromatic carbocycles. The lowest BCUT2D eigenvalue weighted by atomic mass is 10.1. The van der Waals surface area contributed by atoms with E-state index >= 15 is 0 Å². The van der Waals surface area contributed by atoms with Crippen LogP contribution >= 0.6 is 15.9 Å². The molecule has 6 nitrogen and oxygen atoms in total. The molecule has 2 N–H and O–H groups in total. The molecule has 1 aliphatic rings. The highest BCUT2D eigenvalue weighted by molar-refractivity contribution is 9.10. The Bertz CT molecular complexity index is 561. The molecule has 1 unspecified atom stereocenters. The molecular formula is C13H13BrN2O4. The van der Waals surface area contributed by atoms with Gasteiger partial charge in [0.1, 0.15) is 12.5 Å². The Balaban J connectivity index is 2.08. The third-order valence-corrected chi connectivity index (χ3v) is 3.75. The number of rotatable bonds is 4. The maximum atomic E-state index is 12.2. The minimum Gasteiger partial charge on any atom is -0.480 e. The Kier molecular flexibility index (Phi) is 4.39. The second kappa shape index (κ2) is 6.04. The van der Waals surface area contributed by atoms with Gasteiger partial charge in [-0.3, -0.25) is 14.4 Å². The van der Waals surface area contributed by atoms with Gasteiger partial charge in [-0.15, -0.1) is 0 Å². The summed E-state index contributed by atoms with van der Waals surface area (Å²) < 4.78 is 0.778. The number of aliphatic carboxylic acids is 1. The summed E-state index contributed by atoms with van der Waals surface area (Å²) in [5, 5.41) is 10.8. The van der Waals surface area contributed by atoms with Crippen LogP contribution in [0.25, 0.3) is 0 Å². The smallest absolute Gasteiger partial charge is 0.322 e. The van der Waals surface area contributed by atoms with Gasteiger partial charge in [0.25, 0.3) is 0 Å². The molecule has 0 aromatic heterocycles. The summed E-state index contributed by atoms with van der Waals surface area (Å²) in [6, 6.07) is 7.26. The molecule has 0 saturated carbocycles. The molecule has 1 atom stereocenters. The number of carboxylic acid groups (broad SMARTS) is 1. The highest BCUT2D eigenvalue weighted by atomic mass is 79.9. The molecule has 2 rings (SSSR count). The summed E-state index contributed by atoms with van der Waals surface area (Å²) in [4.78, 5) is 36.0. The first kappa shape index (κ1) is 14.5. The highest BCUT2D eigenvalue weighted by Crippen LogP contribution is 2.31. The van der Waals surface area contributed by atoms with Crippen molar-refractivity contribution >= 4 is 39.4 Å². The first-order valence-electron chi connectivity index (χ1n) is 6.06. The van der Waals surface area contributed by atoms with Crippen molar-refractivity contribution in [1.82, 2.24) is 5.32 Å². The van der Waals surface area contributed by atoms with Crippen LogP contribution in [0.5, 0.6) is 0 Å². The molecule has 7 heteroatoms. The molecule has 106 valence electrons. The molecule has 20 heavy (non-hydrogen) atoms. The van der Waals surface area contributed by atoms with Crippen molar-refractivity contribution in [1.29, 1.82) is 0 Å².